The van der Waals surface area contributed by atoms with Gasteiger partial charge in [0.2, 0.25) is 0 Å². The van der Waals surface area contributed by atoms with Gasteiger partial charge in [0.25, 0.3) is 6.33 Å². The van der Waals surface area contributed by atoms with Gasteiger partial charge in [0.05, 0.1) is 10.2 Å². The molecule has 4 rings (SSSR count). The van der Waals surface area contributed by atoms with Crippen LogP contribution in [-0.2, 0) is 0 Å². The Morgan fingerprint density at radius 3 is 2.67 bits per heavy atom. The number of benzene rings is 2. The van der Waals surface area contributed by atoms with Crippen LogP contribution in [0.2, 0.25) is 0 Å². The molecule has 2 atom stereocenters. The van der Waals surface area contributed by atoms with E-state index in [0.717, 1.165) is 11.3 Å². The second-order valence-electron chi connectivity index (χ2n) is 5.16. The summed E-state index contributed by atoms with van der Waals surface area (Å²) in [7, 11) is 0. The van der Waals surface area contributed by atoms with E-state index in [1.165, 1.54) is 16.0 Å². The Morgan fingerprint density at radius 2 is 1.81 bits per heavy atom. The van der Waals surface area contributed by atoms with Crippen LogP contribution in [0.3, 0.4) is 0 Å². The van der Waals surface area contributed by atoms with Crippen LogP contribution in [0, 0.1) is 0 Å². The van der Waals surface area contributed by atoms with Crippen LogP contribution in [0.1, 0.15) is 11.6 Å². The van der Waals surface area contributed by atoms with Gasteiger partial charge in [-0.2, -0.15) is 0 Å². The molecule has 0 saturated heterocycles. The van der Waals surface area contributed by atoms with Crippen LogP contribution >= 0.6 is 27.7 Å². The van der Waals surface area contributed by atoms with Crippen molar-refractivity contribution in [1.82, 2.24) is 4.98 Å². The number of hydrogen-bond acceptors (Lipinski definition) is 2. The van der Waals surface area contributed by atoms with Gasteiger partial charge in [-0.3, -0.25) is 0 Å². The second-order valence-corrected chi connectivity index (χ2v) is 7.34. The lowest BCUT2D eigenvalue weighted by atomic mass is 10.0. The molecular weight excluding hydrogens is 344 g/mol. The molecule has 4 heteroatoms. The lowest BCUT2D eigenvalue weighted by Crippen LogP contribution is -2.50. The lowest BCUT2D eigenvalue weighted by molar-refractivity contribution is -0.749. The van der Waals surface area contributed by atoms with Gasteiger partial charge in [-0.1, -0.05) is 70.2 Å². The zero-order valence-corrected chi connectivity index (χ0v) is 13.7. The smallest absolute Gasteiger partial charge is 0.216 e. The fourth-order valence-corrected chi connectivity index (χ4v) is 4.97. The number of para-hydroxylation sites is 1. The Balaban J connectivity index is 1.94. The van der Waals surface area contributed by atoms with Gasteiger partial charge < -0.3 is 0 Å². The summed E-state index contributed by atoms with van der Waals surface area (Å²) in [5, 5.41) is 2.55. The van der Waals surface area contributed by atoms with Crippen molar-refractivity contribution >= 4 is 38.6 Å². The van der Waals surface area contributed by atoms with Gasteiger partial charge in [0, 0.05) is 5.75 Å². The highest BCUT2D eigenvalue weighted by Gasteiger charge is 2.34. The molecule has 2 nitrogen and oxygen atoms in total. The molecule has 104 valence electrons. The maximum atomic E-state index is 4.63. The summed E-state index contributed by atoms with van der Waals surface area (Å²) in [6.07, 6.45) is 1.98. The van der Waals surface area contributed by atoms with Gasteiger partial charge >= 0.3 is 0 Å². The minimum absolute atomic E-state index is 0.291. The molecule has 0 bridgehead atoms. The first-order chi connectivity index (χ1) is 10.3. The molecule has 0 radical (unpaired) electrons. The van der Waals surface area contributed by atoms with E-state index in [1.54, 1.807) is 0 Å². The molecule has 0 saturated carbocycles. The molecule has 3 aromatic rings. The van der Waals surface area contributed by atoms with Crippen molar-refractivity contribution in [3.63, 3.8) is 0 Å². The van der Waals surface area contributed by atoms with Crippen LogP contribution in [0.4, 0.5) is 0 Å². The highest BCUT2D eigenvalue weighted by atomic mass is 79.9. The summed E-state index contributed by atoms with van der Waals surface area (Å²) >= 11 is 5.76. The van der Waals surface area contributed by atoms with E-state index < -0.39 is 0 Å². The van der Waals surface area contributed by atoms with Crippen molar-refractivity contribution in [2.24, 2.45) is 0 Å². The molecule has 0 spiro atoms. The molecule has 0 fully saturated rings. The largest absolute Gasteiger partial charge is 0.288 e. The van der Waals surface area contributed by atoms with Crippen LogP contribution < -0.4 is 4.57 Å². The Kier molecular flexibility index (Phi) is 3.43. The third-order valence-corrected chi connectivity index (χ3v) is 6.34. The number of thioether (sulfide) groups is 1. The topological polar surface area (TPSA) is 16.8 Å². The maximum absolute atomic E-state index is 4.63. The molecule has 1 aromatic heterocycles. The Hall–Kier alpha value is -1.39. The van der Waals surface area contributed by atoms with Crippen LogP contribution in [0.15, 0.2) is 66.0 Å². The highest BCUT2D eigenvalue weighted by molar-refractivity contribution is 9.09. The van der Waals surface area contributed by atoms with Crippen LogP contribution in [0.25, 0.3) is 10.9 Å². The number of fused-ring (bicyclic) bond motifs is 3. The molecule has 1 aliphatic rings. The SMILES string of the molecule is BrC1CSc2c3ccccc3nc[n+]2C1c1ccccc1. The normalized spacial score (nSPS) is 21.2. The predicted molar refractivity (Wildman–Crippen MR) is 90.0 cm³/mol. The predicted octanol–water partition coefficient (Wildman–Crippen LogP) is 3.98. The quantitative estimate of drug-likeness (QED) is 0.372. The molecule has 21 heavy (non-hydrogen) atoms. The molecule has 0 N–H and O–H groups in total. The zero-order chi connectivity index (χ0) is 14.2. The summed E-state index contributed by atoms with van der Waals surface area (Å²) < 4.78 is 2.31. The summed E-state index contributed by atoms with van der Waals surface area (Å²) in [6, 6.07) is 19.3. The Labute approximate surface area is 136 Å². The highest BCUT2D eigenvalue weighted by Crippen LogP contribution is 2.36. The van der Waals surface area contributed by atoms with E-state index in [-0.39, 0.29) is 0 Å². The van der Waals surface area contributed by atoms with Crippen molar-refractivity contribution in [2.45, 2.75) is 15.9 Å². The van der Waals surface area contributed by atoms with E-state index in [4.69, 9.17) is 0 Å². The minimum Gasteiger partial charge on any atom is -0.216 e. The van der Waals surface area contributed by atoms with Gasteiger partial charge in [-0.25, -0.2) is 4.57 Å². The molecule has 2 heterocycles. The van der Waals surface area contributed by atoms with Crippen molar-refractivity contribution in [2.75, 3.05) is 5.75 Å². The number of nitrogens with zero attached hydrogens (tertiary/aromatic N) is 2. The third kappa shape index (κ3) is 2.27. The first-order valence-electron chi connectivity index (χ1n) is 6.95. The molecule has 2 aromatic carbocycles. The number of rotatable bonds is 1. The summed E-state index contributed by atoms with van der Waals surface area (Å²) in [6.45, 7) is 0. The molecular formula is C17H14BrN2S+. The summed E-state index contributed by atoms with van der Waals surface area (Å²) in [4.78, 5) is 5.04. The van der Waals surface area contributed by atoms with Gasteiger partial charge in [0.15, 0.2) is 10.5 Å². The Morgan fingerprint density at radius 1 is 1.05 bits per heavy atom. The lowest BCUT2D eigenvalue weighted by Gasteiger charge is -2.27. The van der Waals surface area contributed by atoms with Gasteiger partial charge in [-0.15, -0.1) is 0 Å². The third-order valence-electron chi connectivity index (χ3n) is 3.85. The molecule has 1 aliphatic heterocycles. The molecule has 0 amide bonds. The summed E-state index contributed by atoms with van der Waals surface area (Å²) in [5.74, 6) is 1.06. The standard InChI is InChI=1S/C17H14BrN2S/c18-14-10-21-17-13-8-4-5-9-15(13)19-11-20(17)16(14)12-6-2-1-3-7-12/h1-9,11,14,16H,10H2/q+1. The van der Waals surface area contributed by atoms with Gasteiger partial charge in [0.1, 0.15) is 6.04 Å². The number of hydrogen-bond donors (Lipinski definition) is 0. The summed E-state index contributed by atoms with van der Waals surface area (Å²) in [5.41, 5.74) is 2.39. The minimum atomic E-state index is 0.291. The Bertz CT molecular complexity index is 791. The van der Waals surface area contributed by atoms with Crippen molar-refractivity contribution in [3.05, 3.63) is 66.5 Å². The van der Waals surface area contributed by atoms with E-state index in [2.05, 4.69) is 74.0 Å². The first kappa shape index (κ1) is 13.3. The second kappa shape index (κ2) is 5.43. The van der Waals surface area contributed by atoms with Crippen molar-refractivity contribution < 1.29 is 4.57 Å². The fourth-order valence-electron chi connectivity index (χ4n) is 2.88. The maximum Gasteiger partial charge on any atom is 0.288 e. The van der Waals surface area contributed by atoms with Crippen molar-refractivity contribution in [1.29, 1.82) is 0 Å². The zero-order valence-electron chi connectivity index (χ0n) is 11.3. The average Bonchev–Trinajstić information content (AvgIpc) is 2.55. The van der Waals surface area contributed by atoms with E-state index in [9.17, 15) is 0 Å². The van der Waals surface area contributed by atoms with Gasteiger partial charge in [-0.05, 0) is 22.7 Å². The average molecular weight is 358 g/mol. The number of alkyl halides is 1. The molecule has 2 unspecified atom stereocenters. The van der Waals surface area contributed by atoms with E-state index in [1.807, 2.05) is 24.2 Å². The van der Waals surface area contributed by atoms with Crippen molar-refractivity contribution in [3.8, 4) is 0 Å². The molecule has 0 aliphatic carbocycles. The monoisotopic (exact) mass is 357 g/mol. The van der Waals surface area contributed by atoms with Crippen LogP contribution in [0.5, 0.6) is 0 Å². The van der Waals surface area contributed by atoms with E-state index >= 15 is 0 Å². The first-order valence-corrected chi connectivity index (χ1v) is 8.85. The fraction of sp³-hybridized carbons (Fsp3) is 0.176. The number of halogens is 1. The number of aromatic nitrogens is 2. The van der Waals surface area contributed by atoms with Crippen LogP contribution in [-0.4, -0.2) is 15.6 Å². The van der Waals surface area contributed by atoms with E-state index in [0.29, 0.717) is 10.9 Å².